The number of aliphatic hydroxyl groups excluding tert-OH is 1. The highest BCUT2D eigenvalue weighted by Gasteiger charge is 2.29. The smallest absolute Gasteiger partial charge is 0.133 e. The third-order valence-electron chi connectivity index (χ3n) is 3.74. The van der Waals surface area contributed by atoms with Gasteiger partial charge >= 0.3 is 0 Å². The van der Waals surface area contributed by atoms with Gasteiger partial charge in [-0.2, -0.15) is 0 Å². The van der Waals surface area contributed by atoms with Gasteiger partial charge in [-0.3, -0.25) is 0 Å². The van der Waals surface area contributed by atoms with E-state index in [-0.39, 0.29) is 12.1 Å². The van der Waals surface area contributed by atoms with E-state index in [0.717, 1.165) is 24.8 Å². The molecule has 1 aliphatic carbocycles. The van der Waals surface area contributed by atoms with Crippen LogP contribution in [-0.2, 0) is 4.74 Å². The standard InChI is InChI=1S/C14H21N3O2/c1-10(18)8-12-9-19-7-6-17(12)13-4-5-15-14(16-13)11-2-3-11/h4-5,10-12,18H,2-3,6-9H2,1H3. The molecule has 2 unspecified atom stereocenters. The number of ether oxygens (including phenoxy) is 1. The third-order valence-corrected chi connectivity index (χ3v) is 3.74. The zero-order valence-corrected chi connectivity index (χ0v) is 11.3. The summed E-state index contributed by atoms with van der Waals surface area (Å²) in [4.78, 5) is 11.3. The van der Waals surface area contributed by atoms with Crippen molar-refractivity contribution in [1.82, 2.24) is 9.97 Å². The summed E-state index contributed by atoms with van der Waals surface area (Å²) in [5.74, 6) is 2.52. The van der Waals surface area contributed by atoms with Gasteiger partial charge in [0.2, 0.25) is 0 Å². The number of hydrogen-bond donors (Lipinski definition) is 1. The van der Waals surface area contributed by atoms with Gasteiger partial charge in [-0.15, -0.1) is 0 Å². The molecule has 2 fully saturated rings. The monoisotopic (exact) mass is 263 g/mol. The van der Waals surface area contributed by atoms with Gasteiger partial charge < -0.3 is 14.7 Å². The van der Waals surface area contributed by atoms with E-state index in [1.165, 1.54) is 12.8 Å². The predicted molar refractivity (Wildman–Crippen MR) is 72.3 cm³/mol. The zero-order chi connectivity index (χ0) is 13.2. The number of rotatable bonds is 4. The van der Waals surface area contributed by atoms with Crippen molar-refractivity contribution in [3.63, 3.8) is 0 Å². The van der Waals surface area contributed by atoms with Gasteiger partial charge in [-0.1, -0.05) is 0 Å². The Morgan fingerprint density at radius 1 is 1.53 bits per heavy atom. The van der Waals surface area contributed by atoms with Crippen LogP contribution in [0.25, 0.3) is 0 Å². The van der Waals surface area contributed by atoms with Crippen molar-refractivity contribution < 1.29 is 9.84 Å². The van der Waals surface area contributed by atoms with E-state index < -0.39 is 0 Å². The maximum Gasteiger partial charge on any atom is 0.133 e. The van der Waals surface area contributed by atoms with Crippen molar-refractivity contribution in [3.8, 4) is 0 Å². The van der Waals surface area contributed by atoms with Crippen molar-refractivity contribution in [1.29, 1.82) is 0 Å². The van der Waals surface area contributed by atoms with Gasteiger partial charge in [-0.05, 0) is 32.3 Å². The van der Waals surface area contributed by atoms with E-state index in [4.69, 9.17) is 9.72 Å². The zero-order valence-electron chi connectivity index (χ0n) is 11.3. The average molecular weight is 263 g/mol. The molecule has 2 atom stereocenters. The molecule has 0 amide bonds. The van der Waals surface area contributed by atoms with Crippen LogP contribution < -0.4 is 4.90 Å². The second-order valence-corrected chi connectivity index (χ2v) is 5.55. The summed E-state index contributed by atoms with van der Waals surface area (Å²) in [5.41, 5.74) is 0. The van der Waals surface area contributed by atoms with Crippen LogP contribution in [0.5, 0.6) is 0 Å². The molecule has 1 aromatic heterocycles. The van der Waals surface area contributed by atoms with E-state index in [9.17, 15) is 5.11 Å². The Bertz CT molecular complexity index is 434. The van der Waals surface area contributed by atoms with Gasteiger partial charge in [0.15, 0.2) is 0 Å². The highest BCUT2D eigenvalue weighted by atomic mass is 16.5. The fourth-order valence-corrected chi connectivity index (χ4v) is 2.61. The molecule has 5 nitrogen and oxygen atoms in total. The number of anilines is 1. The molecule has 2 heterocycles. The first-order valence-electron chi connectivity index (χ1n) is 7.09. The highest BCUT2D eigenvalue weighted by molar-refractivity contribution is 5.40. The van der Waals surface area contributed by atoms with Crippen LogP contribution in [0.2, 0.25) is 0 Å². The maximum atomic E-state index is 9.61. The average Bonchev–Trinajstić information content (AvgIpc) is 3.23. The van der Waals surface area contributed by atoms with Crippen LogP contribution in [0.4, 0.5) is 5.82 Å². The van der Waals surface area contributed by atoms with Gasteiger partial charge in [0.1, 0.15) is 11.6 Å². The molecule has 0 aromatic carbocycles. The Morgan fingerprint density at radius 3 is 3.11 bits per heavy atom. The fourth-order valence-electron chi connectivity index (χ4n) is 2.61. The summed E-state index contributed by atoms with van der Waals surface area (Å²) < 4.78 is 5.53. The first kappa shape index (κ1) is 12.8. The second-order valence-electron chi connectivity index (χ2n) is 5.55. The lowest BCUT2D eigenvalue weighted by Crippen LogP contribution is -2.47. The van der Waals surface area contributed by atoms with Crippen molar-refractivity contribution >= 4 is 5.82 Å². The first-order chi connectivity index (χ1) is 9.24. The van der Waals surface area contributed by atoms with Crippen LogP contribution in [0.1, 0.15) is 37.9 Å². The second kappa shape index (κ2) is 5.43. The molecule has 5 heteroatoms. The van der Waals surface area contributed by atoms with Crippen molar-refractivity contribution in [2.75, 3.05) is 24.7 Å². The Morgan fingerprint density at radius 2 is 2.37 bits per heavy atom. The van der Waals surface area contributed by atoms with Crippen LogP contribution >= 0.6 is 0 Å². The summed E-state index contributed by atoms with van der Waals surface area (Å²) in [6.07, 6.45) is 4.67. The lowest BCUT2D eigenvalue weighted by atomic mass is 10.1. The Kier molecular flexibility index (Phi) is 3.66. The molecule has 0 spiro atoms. The lowest BCUT2D eigenvalue weighted by molar-refractivity contribution is 0.0717. The topological polar surface area (TPSA) is 58.5 Å². The van der Waals surface area contributed by atoms with E-state index in [1.54, 1.807) is 0 Å². The summed E-state index contributed by atoms with van der Waals surface area (Å²) in [6.45, 7) is 4.04. The number of aliphatic hydroxyl groups is 1. The van der Waals surface area contributed by atoms with E-state index in [2.05, 4.69) is 9.88 Å². The van der Waals surface area contributed by atoms with Crippen LogP contribution in [0.15, 0.2) is 12.3 Å². The minimum Gasteiger partial charge on any atom is -0.393 e. The van der Waals surface area contributed by atoms with Crippen LogP contribution in [0, 0.1) is 0 Å². The summed E-state index contributed by atoms with van der Waals surface area (Å²) >= 11 is 0. The molecule has 3 rings (SSSR count). The normalized spacial score (nSPS) is 25.4. The van der Waals surface area contributed by atoms with Gasteiger partial charge in [0, 0.05) is 18.7 Å². The molecule has 104 valence electrons. The molecule has 0 bridgehead atoms. The van der Waals surface area contributed by atoms with Gasteiger partial charge in [0.05, 0.1) is 25.4 Å². The minimum atomic E-state index is -0.320. The molecular weight excluding hydrogens is 242 g/mol. The largest absolute Gasteiger partial charge is 0.393 e. The Balaban J connectivity index is 1.79. The van der Waals surface area contributed by atoms with Crippen molar-refractivity contribution in [3.05, 3.63) is 18.1 Å². The SMILES string of the molecule is CC(O)CC1COCCN1c1ccnc(C2CC2)n1. The predicted octanol–water partition coefficient (Wildman–Crippen LogP) is 1.33. The molecule has 1 saturated carbocycles. The van der Waals surface area contributed by atoms with E-state index in [1.807, 2.05) is 19.2 Å². The van der Waals surface area contributed by atoms with Crippen LogP contribution in [-0.4, -0.2) is 47.0 Å². The van der Waals surface area contributed by atoms with Crippen LogP contribution in [0.3, 0.4) is 0 Å². The van der Waals surface area contributed by atoms with E-state index in [0.29, 0.717) is 18.9 Å². The number of aromatic nitrogens is 2. The summed E-state index contributed by atoms with van der Waals surface area (Å²) in [7, 11) is 0. The molecule has 1 aromatic rings. The van der Waals surface area contributed by atoms with Gasteiger partial charge in [-0.25, -0.2) is 9.97 Å². The summed E-state index contributed by atoms with van der Waals surface area (Å²) in [5, 5.41) is 9.61. The Hall–Kier alpha value is -1.20. The molecule has 19 heavy (non-hydrogen) atoms. The lowest BCUT2D eigenvalue weighted by Gasteiger charge is -2.37. The van der Waals surface area contributed by atoms with Crippen molar-refractivity contribution in [2.45, 2.75) is 44.2 Å². The molecule has 1 N–H and O–H groups in total. The molecule has 2 aliphatic rings. The maximum absolute atomic E-state index is 9.61. The minimum absolute atomic E-state index is 0.204. The molecule has 1 saturated heterocycles. The fraction of sp³-hybridized carbons (Fsp3) is 0.714. The number of hydrogen-bond acceptors (Lipinski definition) is 5. The number of morpholine rings is 1. The van der Waals surface area contributed by atoms with Gasteiger partial charge in [0.25, 0.3) is 0 Å². The summed E-state index contributed by atoms with van der Waals surface area (Å²) in [6, 6.07) is 2.17. The van der Waals surface area contributed by atoms with E-state index >= 15 is 0 Å². The molecule has 1 aliphatic heterocycles. The number of nitrogens with zero attached hydrogens (tertiary/aromatic N) is 3. The van der Waals surface area contributed by atoms with Crippen molar-refractivity contribution in [2.24, 2.45) is 0 Å². The highest BCUT2D eigenvalue weighted by Crippen LogP contribution is 2.38. The molecular formula is C14H21N3O2. The first-order valence-corrected chi connectivity index (χ1v) is 7.09. The quantitative estimate of drug-likeness (QED) is 0.888. The molecule has 0 radical (unpaired) electrons. The third kappa shape index (κ3) is 3.04. The Labute approximate surface area is 113 Å².